The summed E-state index contributed by atoms with van der Waals surface area (Å²) in [5.41, 5.74) is 5.34. The third-order valence-corrected chi connectivity index (χ3v) is 2.69. The van der Waals surface area contributed by atoms with Crippen LogP contribution in [0.5, 0.6) is 0 Å². The van der Waals surface area contributed by atoms with Gasteiger partial charge in [0.05, 0.1) is 0 Å². The monoisotopic (exact) mass is 196 g/mol. The molecule has 0 fully saturated rings. The Morgan fingerprint density at radius 1 is 0.867 bits per heavy atom. The molecule has 0 unspecified atom stereocenters. The van der Waals surface area contributed by atoms with Gasteiger partial charge in [0.1, 0.15) is 0 Å². The van der Waals surface area contributed by atoms with Gasteiger partial charge in [-0.25, -0.2) is 0 Å². The van der Waals surface area contributed by atoms with E-state index in [1.807, 2.05) is 0 Å². The smallest absolute Gasteiger partial charge is 0.0181 e. The van der Waals surface area contributed by atoms with Crippen molar-refractivity contribution in [1.29, 1.82) is 0 Å². The lowest BCUT2D eigenvalue weighted by Gasteiger charge is -2.04. The van der Waals surface area contributed by atoms with Crippen molar-refractivity contribution in [2.45, 2.75) is 20.3 Å². The van der Waals surface area contributed by atoms with Crippen molar-refractivity contribution in [3.05, 3.63) is 59.7 Å². The standard InChI is InChI=1S/C15H16/c1-3-13-7-5-9-15(11-13)14-8-4-6-12(2)10-14/h4-11H,3H2,1-2H3. The second-order valence-corrected chi connectivity index (χ2v) is 3.92. The van der Waals surface area contributed by atoms with E-state index >= 15 is 0 Å². The van der Waals surface area contributed by atoms with Gasteiger partial charge in [0, 0.05) is 0 Å². The van der Waals surface area contributed by atoms with Crippen LogP contribution in [0.1, 0.15) is 18.1 Å². The first-order chi connectivity index (χ1) is 7.29. The fourth-order valence-corrected chi connectivity index (χ4v) is 1.80. The topological polar surface area (TPSA) is 0 Å². The Labute approximate surface area is 91.6 Å². The Balaban J connectivity index is 2.44. The largest absolute Gasteiger partial charge is 0.0614 e. The van der Waals surface area contributed by atoms with Gasteiger partial charge in [0.15, 0.2) is 0 Å². The third-order valence-electron chi connectivity index (χ3n) is 2.69. The molecule has 76 valence electrons. The molecule has 15 heavy (non-hydrogen) atoms. The van der Waals surface area contributed by atoms with Crippen molar-refractivity contribution in [1.82, 2.24) is 0 Å². The Morgan fingerprint density at radius 2 is 1.53 bits per heavy atom. The van der Waals surface area contributed by atoms with Crippen molar-refractivity contribution >= 4 is 0 Å². The van der Waals surface area contributed by atoms with Gasteiger partial charge in [0.25, 0.3) is 0 Å². The summed E-state index contributed by atoms with van der Waals surface area (Å²) in [4.78, 5) is 0. The quantitative estimate of drug-likeness (QED) is 0.674. The maximum absolute atomic E-state index is 2.27. The lowest BCUT2D eigenvalue weighted by Crippen LogP contribution is -1.83. The zero-order chi connectivity index (χ0) is 10.7. The van der Waals surface area contributed by atoms with Gasteiger partial charge in [-0.15, -0.1) is 0 Å². The molecule has 0 heterocycles. The fraction of sp³-hybridized carbons (Fsp3) is 0.200. The molecule has 0 spiro atoms. The first-order valence-corrected chi connectivity index (χ1v) is 5.45. The number of benzene rings is 2. The highest BCUT2D eigenvalue weighted by molar-refractivity contribution is 5.64. The van der Waals surface area contributed by atoms with Crippen LogP contribution in [0.3, 0.4) is 0 Å². The molecule has 0 nitrogen and oxygen atoms in total. The Kier molecular flexibility index (Phi) is 2.86. The third kappa shape index (κ3) is 2.27. The van der Waals surface area contributed by atoms with Crippen LogP contribution >= 0.6 is 0 Å². The molecule has 0 aromatic heterocycles. The van der Waals surface area contributed by atoms with Crippen molar-refractivity contribution < 1.29 is 0 Å². The summed E-state index contributed by atoms with van der Waals surface area (Å²) in [6.45, 7) is 4.32. The van der Waals surface area contributed by atoms with Crippen LogP contribution in [-0.4, -0.2) is 0 Å². The van der Waals surface area contributed by atoms with Crippen molar-refractivity contribution in [3.8, 4) is 11.1 Å². The molecule has 0 saturated carbocycles. The van der Waals surface area contributed by atoms with Crippen molar-refractivity contribution in [2.75, 3.05) is 0 Å². The molecular formula is C15H16. The molecule has 0 N–H and O–H groups in total. The van der Waals surface area contributed by atoms with Gasteiger partial charge in [-0.3, -0.25) is 0 Å². The van der Waals surface area contributed by atoms with E-state index in [-0.39, 0.29) is 0 Å². The van der Waals surface area contributed by atoms with E-state index in [9.17, 15) is 0 Å². The zero-order valence-corrected chi connectivity index (χ0v) is 9.33. The van der Waals surface area contributed by atoms with Crippen LogP contribution in [-0.2, 0) is 6.42 Å². The van der Waals surface area contributed by atoms with Crippen LogP contribution in [0.25, 0.3) is 11.1 Å². The van der Waals surface area contributed by atoms with Crippen LogP contribution in [0.15, 0.2) is 48.5 Å². The number of hydrogen-bond acceptors (Lipinski definition) is 0. The molecule has 0 aliphatic rings. The molecule has 2 rings (SSSR count). The van der Waals surface area contributed by atoms with Gasteiger partial charge < -0.3 is 0 Å². The Hall–Kier alpha value is -1.56. The summed E-state index contributed by atoms with van der Waals surface area (Å²) < 4.78 is 0. The second kappa shape index (κ2) is 4.31. The molecule has 0 saturated heterocycles. The minimum Gasteiger partial charge on any atom is -0.0614 e. The van der Waals surface area contributed by atoms with Crippen LogP contribution in [0, 0.1) is 6.92 Å². The maximum Gasteiger partial charge on any atom is -0.0181 e. The fourth-order valence-electron chi connectivity index (χ4n) is 1.80. The van der Waals surface area contributed by atoms with E-state index in [1.54, 1.807) is 0 Å². The van der Waals surface area contributed by atoms with Crippen LogP contribution in [0.4, 0.5) is 0 Å². The predicted molar refractivity (Wildman–Crippen MR) is 66.0 cm³/mol. The van der Waals surface area contributed by atoms with E-state index in [2.05, 4.69) is 62.4 Å². The summed E-state index contributed by atoms with van der Waals surface area (Å²) in [5, 5.41) is 0. The Morgan fingerprint density at radius 3 is 2.20 bits per heavy atom. The van der Waals surface area contributed by atoms with E-state index in [0.29, 0.717) is 0 Å². The predicted octanol–water partition coefficient (Wildman–Crippen LogP) is 4.22. The molecule has 2 aromatic carbocycles. The highest BCUT2D eigenvalue weighted by atomic mass is 14.0. The molecule has 0 atom stereocenters. The van der Waals surface area contributed by atoms with E-state index in [0.717, 1.165) is 6.42 Å². The van der Waals surface area contributed by atoms with Crippen LogP contribution < -0.4 is 0 Å². The molecule has 0 amide bonds. The van der Waals surface area contributed by atoms with Gasteiger partial charge >= 0.3 is 0 Å². The maximum atomic E-state index is 2.27. The molecule has 0 bridgehead atoms. The van der Waals surface area contributed by atoms with Crippen molar-refractivity contribution in [3.63, 3.8) is 0 Å². The van der Waals surface area contributed by atoms with E-state index in [4.69, 9.17) is 0 Å². The first-order valence-electron chi connectivity index (χ1n) is 5.45. The lowest BCUT2D eigenvalue weighted by atomic mass is 10.0. The molecule has 0 aliphatic heterocycles. The highest BCUT2D eigenvalue weighted by Gasteiger charge is 1.98. The number of hydrogen-bond donors (Lipinski definition) is 0. The van der Waals surface area contributed by atoms with Crippen molar-refractivity contribution in [2.24, 2.45) is 0 Å². The lowest BCUT2D eigenvalue weighted by molar-refractivity contribution is 1.14. The summed E-state index contributed by atoms with van der Waals surface area (Å²) in [7, 11) is 0. The summed E-state index contributed by atoms with van der Waals surface area (Å²) in [6, 6.07) is 17.4. The molecule has 0 aliphatic carbocycles. The molecule has 2 aromatic rings. The van der Waals surface area contributed by atoms with E-state index < -0.39 is 0 Å². The molecule has 0 radical (unpaired) electrons. The van der Waals surface area contributed by atoms with Crippen LogP contribution in [0.2, 0.25) is 0 Å². The first kappa shape index (κ1) is 9.97. The summed E-state index contributed by atoms with van der Waals surface area (Å²) in [5.74, 6) is 0. The van der Waals surface area contributed by atoms with Gasteiger partial charge in [-0.1, -0.05) is 61.0 Å². The molecule has 0 heteroatoms. The van der Waals surface area contributed by atoms with Gasteiger partial charge in [0.2, 0.25) is 0 Å². The van der Waals surface area contributed by atoms with Gasteiger partial charge in [-0.05, 0) is 30.0 Å². The summed E-state index contributed by atoms with van der Waals surface area (Å²) >= 11 is 0. The SMILES string of the molecule is CCc1cccc(-c2cccc(C)c2)c1. The summed E-state index contributed by atoms with van der Waals surface area (Å²) in [6.07, 6.45) is 1.10. The zero-order valence-electron chi connectivity index (χ0n) is 9.33. The second-order valence-electron chi connectivity index (χ2n) is 3.92. The number of rotatable bonds is 2. The molecular weight excluding hydrogens is 180 g/mol. The highest BCUT2D eigenvalue weighted by Crippen LogP contribution is 2.21. The average Bonchev–Trinajstić information content (AvgIpc) is 2.29. The minimum absolute atomic E-state index is 1.10. The van der Waals surface area contributed by atoms with Gasteiger partial charge in [-0.2, -0.15) is 0 Å². The minimum atomic E-state index is 1.10. The average molecular weight is 196 g/mol. The Bertz CT molecular complexity index is 455. The normalized spacial score (nSPS) is 10.3. The van der Waals surface area contributed by atoms with E-state index in [1.165, 1.54) is 22.3 Å². The number of aryl methyl sites for hydroxylation is 2.